The summed E-state index contributed by atoms with van der Waals surface area (Å²) in [5.41, 5.74) is 3.64. The fourth-order valence-electron chi connectivity index (χ4n) is 1.80. The molecule has 20 heavy (non-hydrogen) atoms. The Bertz CT molecular complexity index is 376. The summed E-state index contributed by atoms with van der Waals surface area (Å²) in [5.74, 6) is 6.99. The molecular weight excluding hydrogens is 258 g/mol. The molecule has 0 aliphatic rings. The van der Waals surface area contributed by atoms with Crippen molar-refractivity contribution in [2.45, 2.75) is 26.2 Å². The van der Waals surface area contributed by atoms with Gasteiger partial charge in [0.25, 0.3) is 0 Å². The van der Waals surface area contributed by atoms with E-state index in [9.17, 15) is 0 Å². The average molecular weight is 283 g/mol. The van der Waals surface area contributed by atoms with Crippen molar-refractivity contribution in [2.24, 2.45) is 5.84 Å². The number of ether oxygens (including phenoxy) is 2. The average Bonchev–Trinajstić information content (AvgIpc) is 2.48. The molecule has 4 N–H and O–H groups in total. The van der Waals surface area contributed by atoms with Crippen molar-refractivity contribution in [2.75, 3.05) is 44.2 Å². The van der Waals surface area contributed by atoms with Crippen LogP contribution in [0.3, 0.4) is 0 Å². The fourth-order valence-corrected chi connectivity index (χ4v) is 1.80. The summed E-state index contributed by atoms with van der Waals surface area (Å²) in [5, 5.41) is 3.31. The first-order valence-corrected chi connectivity index (χ1v) is 6.94. The van der Waals surface area contributed by atoms with Crippen LogP contribution < -0.4 is 16.6 Å². The van der Waals surface area contributed by atoms with Gasteiger partial charge in [-0.2, -0.15) is 0 Å². The van der Waals surface area contributed by atoms with E-state index in [0.717, 1.165) is 37.2 Å². The van der Waals surface area contributed by atoms with Gasteiger partial charge in [-0.25, -0.2) is 15.8 Å². The number of hydrogen-bond donors (Lipinski definition) is 3. The Labute approximate surface area is 120 Å². The van der Waals surface area contributed by atoms with Gasteiger partial charge in [0.05, 0.1) is 13.2 Å². The molecular formula is C13H25N5O2. The fraction of sp³-hybridized carbons (Fsp3) is 0.692. The summed E-state index contributed by atoms with van der Waals surface area (Å²) in [6.07, 6.45) is 4.31. The van der Waals surface area contributed by atoms with Gasteiger partial charge in [0.1, 0.15) is 18.0 Å². The number of nitrogens with zero attached hydrogens (tertiary/aromatic N) is 2. The first-order valence-electron chi connectivity index (χ1n) is 6.94. The van der Waals surface area contributed by atoms with Crippen LogP contribution in [0.5, 0.6) is 0 Å². The van der Waals surface area contributed by atoms with Crippen LogP contribution >= 0.6 is 0 Å². The highest BCUT2D eigenvalue weighted by molar-refractivity contribution is 5.56. The lowest BCUT2D eigenvalue weighted by atomic mass is 10.1. The summed E-state index contributed by atoms with van der Waals surface area (Å²) in [7, 11) is 1.67. The molecule has 1 rings (SSSR count). The highest BCUT2D eigenvalue weighted by Crippen LogP contribution is 2.20. The highest BCUT2D eigenvalue weighted by Gasteiger charge is 2.09. The number of anilines is 2. The molecule has 0 unspecified atom stereocenters. The smallest absolute Gasteiger partial charge is 0.148 e. The monoisotopic (exact) mass is 283 g/mol. The Hall–Kier alpha value is -1.44. The zero-order chi connectivity index (χ0) is 14.6. The largest absolute Gasteiger partial charge is 0.382 e. The molecule has 0 aromatic carbocycles. The van der Waals surface area contributed by atoms with Gasteiger partial charge in [0.2, 0.25) is 0 Å². The second-order valence-electron chi connectivity index (χ2n) is 4.33. The van der Waals surface area contributed by atoms with E-state index in [1.165, 1.54) is 6.33 Å². The van der Waals surface area contributed by atoms with Crippen molar-refractivity contribution in [3.05, 3.63) is 11.9 Å². The van der Waals surface area contributed by atoms with Crippen molar-refractivity contribution in [3.8, 4) is 0 Å². The third-order valence-electron chi connectivity index (χ3n) is 2.77. The maximum Gasteiger partial charge on any atom is 0.148 e. The predicted molar refractivity (Wildman–Crippen MR) is 79.6 cm³/mol. The predicted octanol–water partition coefficient (Wildman–Crippen LogP) is 1.18. The number of nitrogen functional groups attached to an aromatic ring is 1. The van der Waals surface area contributed by atoms with Crippen LogP contribution in [0.25, 0.3) is 0 Å². The summed E-state index contributed by atoms with van der Waals surface area (Å²) < 4.78 is 10.3. The first kappa shape index (κ1) is 16.6. The molecule has 0 amide bonds. The Kier molecular flexibility index (Phi) is 8.61. The van der Waals surface area contributed by atoms with E-state index in [-0.39, 0.29) is 0 Å². The number of hydrazine groups is 1. The van der Waals surface area contributed by atoms with Crippen molar-refractivity contribution < 1.29 is 9.47 Å². The van der Waals surface area contributed by atoms with Crippen LogP contribution in [0.15, 0.2) is 6.33 Å². The Morgan fingerprint density at radius 1 is 1.20 bits per heavy atom. The minimum Gasteiger partial charge on any atom is -0.382 e. The Morgan fingerprint density at radius 3 is 2.70 bits per heavy atom. The van der Waals surface area contributed by atoms with Crippen LogP contribution in [0.1, 0.15) is 25.3 Å². The first-order chi connectivity index (χ1) is 9.83. The van der Waals surface area contributed by atoms with Crippen LogP contribution in [0, 0.1) is 0 Å². The maximum absolute atomic E-state index is 5.47. The quantitative estimate of drug-likeness (QED) is 0.319. The molecule has 0 atom stereocenters. The Balaban J connectivity index is 2.39. The van der Waals surface area contributed by atoms with E-state index in [2.05, 4.69) is 27.6 Å². The molecule has 1 aromatic heterocycles. The molecule has 114 valence electrons. The number of hydrogen-bond acceptors (Lipinski definition) is 7. The third kappa shape index (κ3) is 5.68. The van der Waals surface area contributed by atoms with Crippen LogP contribution in [-0.2, 0) is 15.9 Å². The van der Waals surface area contributed by atoms with E-state index in [1.54, 1.807) is 7.11 Å². The van der Waals surface area contributed by atoms with E-state index >= 15 is 0 Å². The molecule has 0 aliphatic carbocycles. The molecule has 1 aromatic rings. The summed E-state index contributed by atoms with van der Waals surface area (Å²) in [4.78, 5) is 8.40. The molecule has 0 fully saturated rings. The lowest BCUT2D eigenvalue weighted by Gasteiger charge is -2.13. The summed E-state index contributed by atoms with van der Waals surface area (Å²) in [6, 6.07) is 0. The van der Waals surface area contributed by atoms with Gasteiger partial charge in [-0.05, 0) is 12.8 Å². The van der Waals surface area contributed by atoms with Gasteiger partial charge in [-0.3, -0.25) is 0 Å². The van der Waals surface area contributed by atoms with E-state index in [1.807, 2.05) is 0 Å². The zero-order valence-corrected chi connectivity index (χ0v) is 12.3. The standard InChI is InChI=1S/C13H25N5O2/c1-3-5-11-12(16-10-17-13(11)18-14)15-6-4-7-20-9-8-19-2/h10H,3-9,14H2,1-2H3,(H2,15,16,17,18). The third-order valence-corrected chi connectivity index (χ3v) is 2.77. The van der Waals surface area contributed by atoms with Gasteiger partial charge in [0.15, 0.2) is 0 Å². The molecule has 0 aliphatic heterocycles. The SMILES string of the molecule is CCCc1c(NN)ncnc1NCCCOCCOC. The minimum absolute atomic E-state index is 0.630. The zero-order valence-electron chi connectivity index (χ0n) is 12.3. The number of aromatic nitrogens is 2. The van der Waals surface area contributed by atoms with Crippen molar-refractivity contribution >= 4 is 11.6 Å². The van der Waals surface area contributed by atoms with Crippen molar-refractivity contribution in [3.63, 3.8) is 0 Å². The molecule has 7 nitrogen and oxygen atoms in total. The van der Waals surface area contributed by atoms with E-state index < -0.39 is 0 Å². The summed E-state index contributed by atoms with van der Waals surface area (Å²) in [6.45, 7) is 4.87. The number of rotatable bonds is 11. The number of nitrogens with two attached hydrogens (primary N) is 1. The number of methoxy groups -OCH3 is 1. The van der Waals surface area contributed by atoms with Gasteiger partial charge >= 0.3 is 0 Å². The normalized spacial score (nSPS) is 10.6. The van der Waals surface area contributed by atoms with Gasteiger partial charge in [-0.15, -0.1) is 0 Å². The van der Waals surface area contributed by atoms with Crippen LogP contribution in [0.2, 0.25) is 0 Å². The van der Waals surface area contributed by atoms with Crippen molar-refractivity contribution in [1.29, 1.82) is 0 Å². The lowest BCUT2D eigenvalue weighted by molar-refractivity contribution is 0.0705. The second kappa shape index (κ2) is 10.4. The van der Waals surface area contributed by atoms with Crippen LogP contribution in [-0.4, -0.2) is 43.4 Å². The second-order valence-corrected chi connectivity index (χ2v) is 4.33. The molecule has 0 spiro atoms. The van der Waals surface area contributed by atoms with E-state index in [4.69, 9.17) is 15.3 Å². The topological polar surface area (TPSA) is 94.3 Å². The molecule has 7 heteroatoms. The molecule has 0 bridgehead atoms. The molecule has 0 saturated carbocycles. The molecule has 0 radical (unpaired) electrons. The molecule has 0 saturated heterocycles. The highest BCUT2D eigenvalue weighted by atomic mass is 16.5. The molecule has 1 heterocycles. The lowest BCUT2D eigenvalue weighted by Crippen LogP contribution is -2.15. The van der Waals surface area contributed by atoms with Gasteiger partial charge < -0.3 is 20.2 Å². The summed E-state index contributed by atoms with van der Waals surface area (Å²) >= 11 is 0. The van der Waals surface area contributed by atoms with Gasteiger partial charge in [-0.1, -0.05) is 13.3 Å². The van der Waals surface area contributed by atoms with Gasteiger partial charge in [0, 0.05) is 25.8 Å². The number of nitrogens with one attached hydrogen (secondary N) is 2. The van der Waals surface area contributed by atoms with E-state index in [0.29, 0.717) is 25.6 Å². The van der Waals surface area contributed by atoms with Crippen molar-refractivity contribution in [1.82, 2.24) is 9.97 Å². The van der Waals surface area contributed by atoms with Crippen LogP contribution in [0.4, 0.5) is 11.6 Å². The minimum atomic E-state index is 0.630. The Morgan fingerprint density at radius 2 is 2.00 bits per heavy atom. The maximum atomic E-state index is 5.47.